The van der Waals surface area contributed by atoms with Crippen molar-refractivity contribution in [2.24, 2.45) is 5.41 Å². The Hall–Kier alpha value is -2.82. The van der Waals surface area contributed by atoms with Gasteiger partial charge in [0.2, 0.25) is 0 Å². The summed E-state index contributed by atoms with van der Waals surface area (Å²) in [4.78, 5) is 23.7. The van der Waals surface area contributed by atoms with E-state index < -0.39 is 18.1 Å². The molecule has 2 aliphatic carbocycles. The first-order chi connectivity index (χ1) is 13.5. The average Bonchev–Trinajstić information content (AvgIpc) is 2.97. The highest BCUT2D eigenvalue weighted by atomic mass is 16.5. The molecule has 2 aliphatic rings. The van der Waals surface area contributed by atoms with Crippen LogP contribution in [0.15, 0.2) is 48.5 Å². The van der Waals surface area contributed by atoms with Crippen LogP contribution in [0, 0.1) is 5.41 Å². The third kappa shape index (κ3) is 3.37. The van der Waals surface area contributed by atoms with E-state index in [0.717, 1.165) is 30.4 Å². The van der Waals surface area contributed by atoms with Crippen molar-refractivity contribution < 1.29 is 19.4 Å². The summed E-state index contributed by atoms with van der Waals surface area (Å²) >= 11 is 0. The second-order valence-corrected chi connectivity index (χ2v) is 8.13. The number of hydrogen-bond acceptors (Lipinski definition) is 3. The number of aliphatic carboxylic acids is 1. The van der Waals surface area contributed by atoms with E-state index in [1.54, 1.807) is 0 Å². The molecular formula is C23H25NO4. The smallest absolute Gasteiger partial charge is 0.407 e. The SMILES string of the molecule is CC1(C(CC(=O)O)NC(=O)OCC2c3ccccc3-c3ccccc32)CCC1. The molecule has 0 aromatic heterocycles. The van der Waals surface area contributed by atoms with Crippen molar-refractivity contribution in [1.82, 2.24) is 5.32 Å². The highest BCUT2D eigenvalue weighted by Crippen LogP contribution is 2.45. The molecule has 1 fully saturated rings. The number of carbonyl (C=O) groups is 2. The molecule has 4 rings (SSSR count). The molecule has 2 N–H and O–H groups in total. The Morgan fingerprint density at radius 2 is 1.68 bits per heavy atom. The second kappa shape index (κ2) is 7.30. The van der Waals surface area contributed by atoms with Gasteiger partial charge in [-0.25, -0.2) is 4.79 Å². The monoisotopic (exact) mass is 379 g/mol. The van der Waals surface area contributed by atoms with Gasteiger partial charge in [0, 0.05) is 12.0 Å². The van der Waals surface area contributed by atoms with Crippen LogP contribution in [-0.2, 0) is 9.53 Å². The Kier molecular flexibility index (Phi) is 4.84. The fourth-order valence-corrected chi connectivity index (χ4v) is 4.51. The van der Waals surface area contributed by atoms with E-state index in [4.69, 9.17) is 4.74 Å². The molecule has 1 saturated carbocycles. The highest BCUT2D eigenvalue weighted by Gasteiger charge is 2.42. The third-order valence-corrected chi connectivity index (χ3v) is 6.35. The van der Waals surface area contributed by atoms with Gasteiger partial charge in [0.1, 0.15) is 6.61 Å². The van der Waals surface area contributed by atoms with Gasteiger partial charge < -0.3 is 15.2 Å². The van der Waals surface area contributed by atoms with E-state index in [1.165, 1.54) is 11.1 Å². The number of hydrogen-bond donors (Lipinski definition) is 2. The molecule has 5 nitrogen and oxygen atoms in total. The van der Waals surface area contributed by atoms with Crippen LogP contribution in [0.2, 0.25) is 0 Å². The lowest BCUT2D eigenvalue weighted by Gasteiger charge is -2.44. The average molecular weight is 379 g/mol. The van der Waals surface area contributed by atoms with Crippen LogP contribution < -0.4 is 5.32 Å². The van der Waals surface area contributed by atoms with Gasteiger partial charge in [0.15, 0.2) is 0 Å². The zero-order valence-electron chi connectivity index (χ0n) is 16.0. The Bertz CT molecular complexity index is 857. The molecule has 1 amide bonds. The Balaban J connectivity index is 1.45. The number of alkyl carbamates (subject to hydrolysis) is 1. The largest absolute Gasteiger partial charge is 0.481 e. The summed E-state index contributed by atoms with van der Waals surface area (Å²) < 4.78 is 5.57. The number of carboxylic acid groups (broad SMARTS) is 1. The fourth-order valence-electron chi connectivity index (χ4n) is 4.51. The van der Waals surface area contributed by atoms with Crippen molar-refractivity contribution in [2.75, 3.05) is 6.61 Å². The zero-order valence-corrected chi connectivity index (χ0v) is 16.0. The number of carbonyl (C=O) groups excluding carboxylic acids is 1. The Morgan fingerprint density at radius 1 is 1.11 bits per heavy atom. The van der Waals surface area contributed by atoms with Crippen LogP contribution >= 0.6 is 0 Å². The lowest BCUT2D eigenvalue weighted by molar-refractivity contribution is -0.138. The number of nitrogens with one attached hydrogen (secondary N) is 1. The minimum Gasteiger partial charge on any atom is -0.481 e. The molecule has 2 aromatic carbocycles. The van der Waals surface area contributed by atoms with E-state index in [1.807, 2.05) is 31.2 Å². The second-order valence-electron chi connectivity index (χ2n) is 8.13. The summed E-state index contributed by atoms with van der Waals surface area (Å²) in [5, 5.41) is 12.0. The van der Waals surface area contributed by atoms with Crippen LogP contribution in [0.5, 0.6) is 0 Å². The minimum atomic E-state index is -0.905. The van der Waals surface area contributed by atoms with Gasteiger partial charge in [-0.3, -0.25) is 4.79 Å². The number of carboxylic acids is 1. The lowest BCUT2D eigenvalue weighted by atomic mass is 9.65. The molecule has 0 bridgehead atoms. The number of fused-ring (bicyclic) bond motifs is 3. The molecule has 0 spiro atoms. The fraction of sp³-hybridized carbons (Fsp3) is 0.391. The van der Waals surface area contributed by atoms with E-state index in [-0.39, 0.29) is 24.4 Å². The summed E-state index contributed by atoms with van der Waals surface area (Å²) in [7, 11) is 0. The first-order valence-corrected chi connectivity index (χ1v) is 9.81. The number of benzene rings is 2. The quantitative estimate of drug-likeness (QED) is 0.771. The summed E-state index contributed by atoms with van der Waals surface area (Å²) in [6, 6.07) is 15.9. The van der Waals surface area contributed by atoms with Gasteiger partial charge in [0.25, 0.3) is 0 Å². The number of amides is 1. The van der Waals surface area contributed by atoms with Gasteiger partial charge in [-0.15, -0.1) is 0 Å². The Morgan fingerprint density at radius 3 is 2.18 bits per heavy atom. The number of rotatable bonds is 6. The third-order valence-electron chi connectivity index (χ3n) is 6.35. The highest BCUT2D eigenvalue weighted by molar-refractivity contribution is 5.79. The van der Waals surface area contributed by atoms with Crippen molar-refractivity contribution in [3.05, 3.63) is 59.7 Å². The molecule has 2 aromatic rings. The van der Waals surface area contributed by atoms with Gasteiger partial charge in [-0.1, -0.05) is 61.9 Å². The van der Waals surface area contributed by atoms with Gasteiger partial charge in [-0.05, 0) is 40.5 Å². The lowest BCUT2D eigenvalue weighted by Crippen LogP contribution is -2.51. The van der Waals surface area contributed by atoms with Crippen LogP contribution in [-0.4, -0.2) is 29.8 Å². The molecule has 0 aliphatic heterocycles. The summed E-state index contributed by atoms with van der Waals surface area (Å²) in [5.74, 6) is -0.910. The number of ether oxygens (including phenoxy) is 1. The molecule has 1 atom stereocenters. The van der Waals surface area contributed by atoms with E-state index >= 15 is 0 Å². The van der Waals surface area contributed by atoms with Crippen molar-refractivity contribution in [3.63, 3.8) is 0 Å². The maximum Gasteiger partial charge on any atom is 0.407 e. The first kappa shape index (κ1) is 18.5. The van der Waals surface area contributed by atoms with Crippen molar-refractivity contribution >= 4 is 12.1 Å². The standard InChI is InChI=1S/C23H25NO4/c1-23(11-6-12-23)20(13-21(25)26)24-22(27)28-14-19-17-9-4-2-7-15(17)16-8-3-5-10-18(16)19/h2-5,7-10,19-20H,6,11-14H2,1H3,(H,24,27)(H,25,26). The normalized spacial score (nSPS) is 17.8. The maximum absolute atomic E-state index is 12.5. The van der Waals surface area contributed by atoms with Crippen molar-refractivity contribution in [3.8, 4) is 11.1 Å². The van der Waals surface area contributed by atoms with Crippen LogP contribution in [0.25, 0.3) is 11.1 Å². The first-order valence-electron chi connectivity index (χ1n) is 9.81. The molecule has 0 heterocycles. The van der Waals surface area contributed by atoms with Crippen LogP contribution in [0.3, 0.4) is 0 Å². The Labute approximate surface area is 164 Å². The van der Waals surface area contributed by atoms with E-state index in [9.17, 15) is 14.7 Å². The van der Waals surface area contributed by atoms with E-state index in [0.29, 0.717) is 0 Å². The van der Waals surface area contributed by atoms with Crippen molar-refractivity contribution in [1.29, 1.82) is 0 Å². The predicted molar refractivity (Wildman–Crippen MR) is 106 cm³/mol. The molecule has 1 unspecified atom stereocenters. The topological polar surface area (TPSA) is 75.6 Å². The van der Waals surface area contributed by atoms with E-state index in [2.05, 4.69) is 29.6 Å². The molecule has 146 valence electrons. The maximum atomic E-state index is 12.5. The van der Waals surface area contributed by atoms with Crippen molar-refractivity contribution in [2.45, 2.75) is 44.6 Å². The van der Waals surface area contributed by atoms with Gasteiger partial charge in [-0.2, -0.15) is 0 Å². The van der Waals surface area contributed by atoms with Crippen LogP contribution in [0.1, 0.15) is 49.7 Å². The molecule has 28 heavy (non-hydrogen) atoms. The summed E-state index contributed by atoms with van der Waals surface area (Å²) in [6.45, 7) is 2.27. The van der Waals surface area contributed by atoms with Crippen LogP contribution in [0.4, 0.5) is 4.79 Å². The van der Waals surface area contributed by atoms with Gasteiger partial charge in [0.05, 0.1) is 6.42 Å². The molecule has 0 radical (unpaired) electrons. The molecular weight excluding hydrogens is 354 g/mol. The van der Waals surface area contributed by atoms with Gasteiger partial charge >= 0.3 is 12.1 Å². The predicted octanol–water partition coefficient (Wildman–Crippen LogP) is 4.56. The minimum absolute atomic E-state index is 0.00429. The summed E-state index contributed by atoms with van der Waals surface area (Å²) in [6.07, 6.45) is 2.30. The molecule has 0 saturated heterocycles. The summed E-state index contributed by atoms with van der Waals surface area (Å²) in [5.41, 5.74) is 4.51. The molecule has 5 heteroatoms. The zero-order chi connectivity index (χ0) is 19.7.